The number of amides is 1. The van der Waals surface area contributed by atoms with Gasteiger partial charge in [-0.25, -0.2) is 4.79 Å². The van der Waals surface area contributed by atoms with Crippen molar-refractivity contribution in [1.29, 1.82) is 0 Å². The summed E-state index contributed by atoms with van der Waals surface area (Å²) in [5, 5.41) is 2.57. The molecule has 0 aliphatic carbocycles. The third-order valence-electron chi connectivity index (χ3n) is 3.70. The number of ether oxygens (including phenoxy) is 4. The van der Waals surface area contributed by atoms with Gasteiger partial charge in [0, 0.05) is 37.3 Å². The summed E-state index contributed by atoms with van der Waals surface area (Å²) < 4.78 is 21.1. The zero-order chi connectivity index (χ0) is 18.9. The Balaban J connectivity index is 1.95. The molecule has 1 aliphatic rings. The molecule has 7 nitrogen and oxygen atoms in total. The lowest BCUT2D eigenvalue weighted by atomic mass is 10.1. The van der Waals surface area contributed by atoms with E-state index in [1.54, 1.807) is 6.08 Å². The van der Waals surface area contributed by atoms with Crippen molar-refractivity contribution in [2.45, 2.75) is 26.4 Å². The molecule has 7 heteroatoms. The minimum atomic E-state index is -0.607. The van der Waals surface area contributed by atoms with E-state index in [0.717, 1.165) is 23.3 Å². The molecule has 1 amide bonds. The summed E-state index contributed by atoms with van der Waals surface area (Å²) in [6.45, 7) is 4.85. The van der Waals surface area contributed by atoms with Crippen LogP contribution in [-0.2, 0) is 25.5 Å². The molecule has 142 valence electrons. The number of carbonyl (C=O) groups is 2. The van der Waals surface area contributed by atoms with Gasteiger partial charge in [-0.15, -0.1) is 0 Å². The molecular weight excluding hydrogens is 338 g/mol. The van der Waals surface area contributed by atoms with Crippen molar-refractivity contribution in [2.24, 2.45) is 0 Å². The van der Waals surface area contributed by atoms with Crippen LogP contribution >= 0.6 is 0 Å². The highest BCUT2D eigenvalue weighted by Gasteiger charge is 2.21. The van der Waals surface area contributed by atoms with E-state index in [-0.39, 0.29) is 18.6 Å². The highest BCUT2D eigenvalue weighted by atomic mass is 16.5. The first-order chi connectivity index (χ1) is 12.5. The van der Waals surface area contributed by atoms with E-state index >= 15 is 0 Å². The molecular formula is C19H25NO6. The van der Waals surface area contributed by atoms with E-state index in [2.05, 4.69) is 5.32 Å². The molecule has 1 heterocycles. The summed E-state index contributed by atoms with van der Waals surface area (Å²) >= 11 is 0. The summed E-state index contributed by atoms with van der Waals surface area (Å²) in [4.78, 5) is 23.3. The fraction of sp³-hybridized carbons (Fsp3) is 0.474. The molecule has 0 aromatic heterocycles. The van der Waals surface area contributed by atoms with Crippen LogP contribution in [0.2, 0.25) is 0 Å². The lowest BCUT2D eigenvalue weighted by molar-refractivity contribution is -0.143. The predicted octanol–water partition coefficient (Wildman–Crippen LogP) is 1.73. The molecule has 0 saturated carbocycles. The number of fused-ring (bicyclic) bond motifs is 1. The lowest BCUT2D eigenvalue weighted by Gasteiger charge is -2.10. The summed E-state index contributed by atoms with van der Waals surface area (Å²) in [6, 6.07) is 3.79. The van der Waals surface area contributed by atoms with Crippen molar-refractivity contribution < 1.29 is 28.5 Å². The number of nitrogens with one attached hydrogen (secondary N) is 1. The molecule has 0 fully saturated rings. The summed E-state index contributed by atoms with van der Waals surface area (Å²) in [5.41, 5.74) is 1.81. The van der Waals surface area contributed by atoms with Crippen LogP contribution in [0.15, 0.2) is 18.2 Å². The second-order valence-electron chi connectivity index (χ2n) is 5.85. The Bertz CT molecular complexity index is 670. The van der Waals surface area contributed by atoms with Crippen molar-refractivity contribution in [3.05, 3.63) is 29.3 Å². The van der Waals surface area contributed by atoms with Gasteiger partial charge in [0.25, 0.3) is 5.91 Å². The van der Waals surface area contributed by atoms with Gasteiger partial charge in [-0.1, -0.05) is 0 Å². The standard InChI is InChI=1S/C19H25NO6/c1-4-24-16-11-15-9-13(2)26-17(15)10-14(16)5-6-19(22)25-12-18(21)20-7-8-23-3/h5-6,10-11,13H,4,7-9,12H2,1-3H3,(H,20,21)/b6-5+/t13-/m1/s1. The largest absolute Gasteiger partial charge is 0.493 e. The van der Waals surface area contributed by atoms with Gasteiger partial charge >= 0.3 is 5.97 Å². The number of benzene rings is 1. The molecule has 0 saturated heterocycles. The van der Waals surface area contributed by atoms with Gasteiger partial charge in [0.2, 0.25) is 0 Å². The number of hydrogen-bond acceptors (Lipinski definition) is 6. The number of carbonyl (C=O) groups excluding carboxylic acids is 2. The van der Waals surface area contributed by atoms with Crippen molar-refractivity contribution in [1.82, 2.24) is 5.32 Å². The van der Waals surface area contributed by atoms with Crippen LogP contribution < -0.4 is 14.8 Å². The van der Waals surface area contributed by atoms with Gasteiger partial charge in [-0.2, -0.15) is 0 Å². The molecule has 1 atom stereocenters. The SMILES string of the molecule is CCOc1cc2c(cc1/C=C/C(=O)OCC(=O)NCCOC)O[C@H](C)C2. The zero-order valence-corrected chi connectivity index (χ0v) is 15.4. The van der Waals surface area contributed by atoms with Crippen LogP contribution in [0.4, 0.5) is 0 Å². The Labute approximate surface area is 153 Å². The molecule has 0 bridgehead atoms. The van der Waals surface area contributed by atoms with Crippen LogP contribution in [-0.4, -0.2) is 51.5 Å². The highest BCUT2D eigenvalue weighted by Crippen LogP contribution is 2.35. The van der Waals surface area contributed by atoms with Crippen molar-refractivity contribution >= 4 is 18.0 Å². The monoisotopic (exact) mass is 363 g/mol. The summed E-state index contributed by atoms with van der Waals surface area (Å²) in [5.74, 6) is 0.500. The normalized spacial score (nSPS) is 15.4. The maximum absolute atomic E-state index is 11.8. The first-order valence-electron chi connectivity index (χ1n) is 8.60. The average molecular weight is 363 g/mol. The molecule has 2 rings (SSSR count). The Hall–Kier alpha value is -2.54. The van der Waals surface area contributed by atoms with E-state index < -0.39 is 5.97 Å². The lowest BCUT2D eigenvalue weighted by Crippen LogP contribution is -2.31. The number of methoxy groups -OCH3 is 1. The fourth-order valence-corrected chi connectivity index (χ4v) is 2.55. The third-order valence-corrected chi connectivity index (χ3v) is 3.70. The van der Waals surface area contributed by atoms with Gasteiger partial charge < -0.3 is 24.3 Å². The molecule has 0 unspecified atom stereocenters. The second kappa shape index (κ2) is 9.82. The molecule has 1 aromatic rings. The summed E-state index contributed by atoms with van der Waals surface area (Å²) in [6.07, 6.45) is 3.83. The van der Waals surface area contributed by atoms with Gasteiger partial charge in [0.1, 0.15) is 17.6 Å². The summed E-state index contributed by atoms with van der Waals surface area (Å²) in [7, 11) is 1.54. The van der Waals surface area contributed by atoms with Gasteiger partial charge in [-0.3, -0.25) is 4.79 Å². The smallest absolute Gasteiger partial charge is 0.331 e. The first-order valence-corrected chi connectivity index (χ1v) is 8.60. The van der Waals surface area contributed by atoms with Crippen LogP contribution in [0.5, 0.6) is 11.5 Å². The molecule has 1 aliphatic heterocycles. The third kappa shape index (κ3) is 5.77. The minimum Gasteiger partial charge on any atom is -0.493 e. The number of esters is 1. The highest BCUT2D eigenvalue weighted by molar-refractivity contribution is 5.89. The quantitative estimate of drug-likeness (QED) is 0.409. The molecule has 1 aromatic carbocycles. The van der Waals surface area contributed by atoms with Gasteiger partial charge in [-0.05, 0) is 32.1 Å². The molecule has 0 spiro atoms. The number of rotatable bonds is 9. The van der Waals surface area contributed by atoms with Crippen LogP contribution in [0, 0.1) is 0 Å². The Morgan fingerprint density at radius 2 is 2.19 bits per heavy atom. The Morgan fingerprint density at radius 3 is 2.92 bits per heavy atom. The molecule has 1 N–H and O–H groups in total. The van der Waals surface area contributed by atoms with Crippen LogP contribution in [0.1, 0.15) is 25.0 Å². The Morgan fingerprint density at radius 1 is 1.38 bits per heavy atom. The van der Waals surface area contributed by atoms with Crippen molar-refractivity contribution in [3.63, 3.8) is 0 Å². The number of hydrogen-bond donors (Lipinski definition) is 1. The van der Waals surface area contributed by atoms with E-state index in [4.69, 9.17) is 18.9 Å². The average Bonchev–Trinajstić information content (AvgIpc) is 2.97. The maximum atomic E-state index is 11.8. The van der Waals surface area contributed by atoms with E-state index in [9.17, 15) is 9.59 Å². The van der Waals surface area contributed by atoms with Crippen molar-refractivity contribution in [3.8, 4) is 11.5 Å². The van der Waals surface area contributed by atoms with Crippen LogP contribution in [0.3, 0.4) is 0 Å². The van der Waals surface area contributed by atoms with Gasteiger partial charge in [0.15, 0.2) is 6.61 Å². The van der Waals surface area contributed by atoms with Crippen molar-refractivity contribution in [2.75, 3.05) is 33.5 Å². The minimum absolute atomic E-state index is 0.125. The zero-order valence-electron chi connectivity index (χ0n) is 15.4. The van der Waals surface area contributed by atoms with E-state index in [0.29, 0.717) is 25.5 Å². The maximum Gasteiger partial charge on any atom is 0.331 e. The van der Waals surface area contributed by atoms with E-state index in [1.165, 1.54) is 13.2 Å². The fourth-order valence-electron chi connectivity index (χ4n) is 2.55. The van der Waals surface area contributed by atoms with E-state index in [1.807, 2.05) is 26.0 Å². The molecule has 0 radical (unpaired) electrons. The van der Waals surface area contributed by atoms with Crippen LogP contribution in [0.25, 0.3) is 6.08 Å². The molecule has 26 heavy (non-hydrogen) atoms. The Kier molecular flexibility index (Phi) is 7.47. The topological polar surface area (TPSA) is 83.1 Å². The predicted molar refractivity (Wildman–Crippen MR) is 96.3 cm³/mol. The first kappa shape index (κ1) is 19.8. The second-order valence-corrected chi connectivity index (χ2v) is 5.85. The van der Waals surface area contributed by atoms with Gasteiger partial charge in [0.05, 0.1) is 13.2 Å².